The monoisotopic (exact) mass is 212 g/mol. The Balaban J connectivity index is 2.04. The molecular formula is C7H8N4S2. The minimum absolute atomic E-state index is 0.855. The number of hydrogen-bond donors (Lipinski definition) is 0. The van der Waals surface area contributed by atoms with Crippen molar-refractivity contribution >= 4 is 28.0 Å². The van der Waals surface area contributed by atoms with E-state index in [0.717, 1.165) is 11.7 Å². The van der Waals surface area contributed by atoms with Gasteiger partial charge in [-0.3, -0.25) is 0 Å². The Kier molecular flexibility index (Phi) is 2.51. The average Bonchev–Trinajstić information content (AvgIpc) is 2.74. The van der Waals surface area contributed by atoms with E-state index in [-0.39, 0.29) is 0 Å². The Hall–Kier alpha value is -1.01. The van der Waals surface area contributed by atoms with Gasteiger partial charge in [0.25, 0.3) is 0 Å². The van der Waals surface area contributed by atoms with Crippen molar-refractivity contribution in [3.63, 3.8) is 0 Å². The Labute approximate surface area is 84.0 Å². The average molecular weight is 212 g/mol. The topological polar surface area (TPSA) is 41.9 Å². The Morgan fingerprint density at radius 3 is 3.08 bits per heavy atom. The third kappa shape index (κ3) is 2.02. The summed E-state index contributed by atoms with van der Waals surface area (Å²) in [5.41, 5.74) is 0. The summed E-state index contributed by atoms with van der Waals surface area (Å²) < 4.78 is 3.71. The fourth-order valence-corrected chi connectivity index (χ4v) is 2.16. The van der Waals surface area contributed by atoms with Gasteiger partial charge in [0, 0.05) is 23.5 Å². The maximum absolute atomic E-state index is 3.88. The van der Waals surface area contributed by atoms with E-state index >= 15 is 0 Å². The highest BCUT2D eigenvalue weighted by Gasteiger charge is 2.05. The molecule has 0 saturated carbocycles. The first-order valence-electron chi connectivity index (χ1n) is 3.75. The smallest absolute Gasteiger partial charge is 0.227 e. The minimum Gasteiger partial charge on any atom is -0.343 e. The molecule has 0 fully saturated rings. The van der Waals surface area contributed by atoms with E-state index in [0.29, 0.717) is 0 Å². The molecular weight excluding hydrogens is 204 g/mol. The zero-order chi connectivity index (χ0) is 9.10. The van der Waals surface area contributed by atoms with Crippen molar-refractivity contribution in [2.75, 3.05) is 11.9 Å². The van der Waals surface area contributed by atoms with Gasteiger partial charge in [-0.25, -0.2) is 0 Å². The van der Waals surface area contributed by atoms with Gasteiger partial charge in [0.2, 0.25) is 5.13 Å². The standard InChI is InChI=1S/C7H8N4S2/c1-11(7-8-9-10-13-7)5-6-3-2-4-12-6/h2-4H,5H2,1H3. The number of hydrogen-bond acceptors (Lipinski definition) is 6. The maximum atomic E-state index is 3.88. The minimum atomic E-state index is 0.855. The second-order valence-electron chi connectivity index (χ2n) is 2.58. The molecule has 0 aliphatic heterocycles. The third-order valence-electron chi connectivity index (χ3n) is 1.59. The molecule has 0 saturated heterocycles. The van der Waals surface area contributed by atoms with Gasteiger partial charge in [-0.1, -0.05) is 15.7 Å². The fraction of sp³-hybridized carbons (Fsp3) is 0.286. The molecule has 0 aliphatic carbocycles. The second-order valence-corrected chi connectivity index (χ2v) is 4.32. The van der Waals surface area contributed by atoms with Crippen molar-refractivity contribution in [2.45, 2.75) is 6.54 Å². The lowest BCUT2D eigenvalue weighted by molar-refractivity contribution is 0.882. The lowest BCUT2D eigenvalue weighted by Crippen LogP contribution is -2.15. The van der Waals surface area contributed by atoms with Crippen LogP contribution in [-0.4, -0.2) is 21.8 Å². The van der Waals surface area contributed by atoms with Crippen molar-refractivity contribution in [2.24, 2.45) is 0 Å². The van der Waals surface area contributed by atoms with Crippen LogP contribution in [-0.2, 0) is 6.54 Å². The molecule has 0 radical (unpaired) electrons. The van der Waals surface area contributed by atoms with Gasteiger partial charge >= 0.3 is 0 Å². The van der Waals surface area contributed by atoms with E-state index in [1.807, 2.05) is 18.0 Å². The molecule has 4 nitrogen and oxygen atoms in total. The van der Waals surface area contributed by atoms with E-state index in [4.69, 9.17) is 0 Å². The van der Waals surface area contributed by atoms with Crippen LogP contribution in [0, 0.1) is 0 Å². The van der Waals surface area contributed by atoms with Crippen molar-refractivity contribution in [3.05, 3.63) is 22.4 Å². The van der Waals surface area contributed by atoms with Crippen LogP contribution in [0.3, 0.4) is 0 Å². The summed E-state index contributed by atoms with van der Waals surface area (Å²) in [6.45, 7) is 0.870. The second kappa shape index (κ2) is 3.80. The molecule has 0 unspecified atom stereocenters. The predicted octanol–water partition coefficient (Wildman–Crippen LogP) is 1.63. The highest BCUT2D eigenvalue weighted by Crippen LogP contribution is 2.17. The van der Waals surface area contributed by atoms with E-state index in [1.165, 1.54) is 16.4 Å². The Morgan fingerprint density at radius 2 is 2.46 bits per heavy atom. The molecule has 0 amide bonds. The van der Waals surface area contributed by atoms with Gasteiger partial charge in [-0.05, 0) is 16.7 Å². The lowest BCUT2D eigenvalue weighted by Gasteiger charge is -2.12. The molecule has 0 atom stereocenters. The number of rotatable bonds is 3. The normalized spacial score (nSPS) is 10.2. The van der Waals surface area contributed by atoms with Crippen molar-refractivity contribution in [3.8, 4) is 0 Å². The van der Waals surface area contributed by atoms with E-state index in [2.05, 4.69) is 26.2 Å². The SMILES string of the molecule is CN(Cc1cccs1)c1nnns1. The van der Waals surface area contributed by atoms with Crippen LogP contribution >= 0.6 is 22.9 Å². The number of aromatic nitrogens is 3. The third-order valence-corrected chi connectivity index (χ3v) is 3.16. The van der Waals surface area contributed by atoms with Gasteiger partial charge in [0.15, 0.2) is 0 Å². The Morgan fingerprint density at radius 1 is 1.54 bits per heavy atom. The van der Waals surface area contributed by atoms with Crippen LogP contribution in [0.2, 0.25) is 0 Å². The molecule has 68 valence electrons. The molecule has 0 spiro atoms. The highest BCUT2D eigenvalue weighted by molar-refractivity contribution is 7.10. The molecule has 6 heteroatoms. The molecule has 0 bridgehead atoms. The number of thiophene rings is 1. The first-order valence-corrected chi connectivity index (χ1v) is 5.40. The van der Waals surface area contributed by atoms with Gasteiger partial charge in [0.05, 0.1) is 6.54 Å². The molecule has 13 heavy (non-hydrogen) atoms. The van der Waals surface area contributed by atoms with Gasteiger partial charge < -0.3 is 4.90 Å². The molecule has 2 rings (SSSR count). The van der Waals surface area contributed by atoms with Crippen LogP contribution in [0.25, 0.3) is 0 Å². The largest absolute Gasteiger partial charge is 0.343 e. The molecule has 2 heterocycles. The molecule has 0 aromatic carbocycles. The summed E-state index contributed by atoms with van der Waals surface area (Å²) in [6, 6.07) is 4.15. The van der Waals surface area contributed by atoms with Crippen LogP contribution in [0.4, 0.5) is 5.13 Å². The number of anilines is 1. The first-order chi connectivity index (χ1) is 6.36. The van der Waals surface area contributed by atoms with Crippen LogP contribution in [0.1, 0.15) is 4.88 Å². The molecule has 2 aromatic heterocycles. The summed E-state index contributed by atoms with van der Waals surface area (Å²) in [5, 5.41) is 10.4. The number of nitrogens with zero attached hydrogens (tertiary/aromatic N) is 4. The van der Waals surface area contributed by atoms with Gasteiger partial charge in [-0.2, -0.15) is 0 Å². The van der Waals surface area contributed by atoms with E-state index < -0.39 is 0 Å². The van der Waals surface area contributed by atoms with E-state index in [1.54, 1.807) is 11.3 Å². The van der Waals surface area contributed by atoms with Gasteiger partial charge in [0.1, 0.15) is 0 Å². The molecule has 0 aliphatic rings. The first kappa shape index (κ1) is 8.58. The maximum Gasteiger partial charge on any atom is 0.227 e. The summed E-state index contributed by atoms with van der Waals surface area (Å²) in [7, 11) is 1.99. The van der Waals surface area contributed by atoms with Crippen LogP contribution < -0.4 is 4.90 Å². The zero-order valence-electron chi connectivity index (χ0n) is 7.04. The quantitative estimate of drug-likeness (QED) is 0.775. The van der Waals surface area contributed by atoms with Gasteiger partial charge in [-0.15, -0.1) is 11.3 Å². The zero-order valence-corrected chi connectivity index (χ0v) is 8.68. The van der Waals surface area contributed by atoms with E-state index in [9.17, 15) is 0 Å². The summed E-state index contributed by atoms with van der Waals surface area (Å²) in [5.74, 6) is 0. The predicted molar refractivity (Wildman–Crippen MR) is 54.1 cm³/mol. The summed E-state index contributed by atoms with van der Waals surface area (Å²) >= 11 is 3.05. The van der Waals surface area contributed by atoms with Crippen molar-refractivity contribution < 1.29 is 0 Å². The lowest BCUT2D eigenvalue weighted by atomic mass is 10.4. The Bertz CT molecular complexity index is 342. The van der Waals surface area contributed by atoms with Crippen LogP contribution in [0.5, 0.6) is 0 Å². The van der Waals surface area contributed by atoms with Crippen LogP contribution in [0.15, 0.2) is 17.5 Å². The fourth-order valence-electron chi connectivity index (χ4n) is 0.980. The highest BCUT2D eigenvalue weighted by atomic mass is 32.1. The van der Waals surface area contributed by atoms with Crippen molar-refractivity contribution in [1.29, 1.82) is 0 Å². The van der Waals surface area contributed by atoms with Crippen molar-refractivity contribution in [1.82, 2.24) is 14.8 Å². The summed E-state index contributed by atoms with van der Waals surface area (Å²) in [4.78, 5) is 3.36. The molecule has 0 N–H and O–H groups in total. The summed E-state index contributed by atoms with van der Waals surface area (Å²) in [6.07, 6.45) is 0. The molecule has 2 aromatic rings.